The van der Waals surface area contributed by atoms with Gasteiger partial charge in [0.25, 0.3) is 0 Å². The molecule has 0 saturated heterocycles. The third-order valence-electron chi connectivity index (χ3n) is 3.53. The monoisotopic (exact) mass is 252 g/mol. The van der Waals surface area contributed by atoms with Crippen LogP contribution < -0.4 is 5.32 Å². The molecule has 0 spiro atoms. The summed E-state index contributed by atoms with van der Waals surface area (Å²) >= 11 is 0. The predicted octanol–water partition coefficient (Wildman–Crippen LogP) is 3.13. The Morgan fingerprint density at radius 2 is 2.11 bits per heavy atom. The van der Waals surface area contributed by atoms with Gasteiger partial charge in [0.15, 0.2) is 0 Å². The van der Waals surface area contributed by atoms with Crippen molar-refractivity contribution in [2.45, 2.75) is 46.7 Å². The topological polar surface area (TPSA) is 28.4 Å². The summed E-state index contributed by atoms with van der Waals surface area (Å²) in [5, 5.41) is 3.43. The van der Waals surface area contributed by atoms with E-state index in [1.807, 2.05) is 12.1 Å². The van der Waals surface area contributed by atoms with Crippen molar-refractivity contribution in [1.29, 1.82) is 0 Å². The predicted molar refractivity (Wildman–Crippen MR) is 76.6 cm³/mol. The minimum Gasteiger partial charge on any atom is -0.468 e. The number of furan rings is 1. The van der Waals surface area contributed by atoms with Crippen LogP contribution >= 0.6 is 0 Å². The van der Waals surface area contributed by atoms with Gasteiger partial charge in [-0.15, -0.1) is 0 Å². The largest absolute Gasteiger partial charge is 0.468 e. The molecule has 0 amide bonds. The Balaban J connectivity index is 2.43. The van der Waals surface area contributed by atoms with Crippen LogP contribution in [0.1, 0.15) is 39.9 Å². The molecule has 0 fully saturated rings. The summed E-state index contributed by atoms with van der Waals surface area (Å²) in [6.07, 6.45) is 2.91. The van der Waals surface area contributed by atoms with Gasteiger partial charge < -0.3 is 9.73 Å². The molecule has 3 nitrogen and oxygen atoms in total. The standard InChI is InChI=1S/C15H28N2O/c1-6-17(12-13-8-7-11-18-13)10-9-14(16-5)15(2,3)4/h7-8,11,14,16H,6,9-10,12H2,1-5H3. The van der Waals surface area contributed by atoms with Crippen LogP contribution in [0.5, 0.6) is 0 Å². The highest BCUT2D eigenvalue weighted by Crippen LogP contribution is 2.22. The lowest BCUT2D eigenvalue weighted by atomic mass is 9.85. The van der Waals surface area contributed by atoms with Gasteiger partial charge in [-0.1, -0.05) is 27.7 Å². The lowest BCUT2D eigenvalue weighted by Crippen LogP contribution is -2.40. The highest BCUT2D eigenvalue weighted by Gasteiger charge is 2.23. The van der Waals surface area contributed by atoms with E-state index in [1.54, 1.807) is 6.26 Å². The molecule has 0 saturated carbocycles. The number of hydrogen-bond acceptors (Lipinski definition) is 3. The Hall–Kier alpha value is -0.800. The molecule has 1 heterocycles. The Morgan fingerprint density at radius 3 is 2.56 bits per heavy atom. The molecule has 0 radical (unpaired) electrons. The van der Waals surface area contributed by atoms with Gasteiger partial charge in [-0.05, 0) is 37.6 Å². The van der Waals surface area contributed by atoms with Crippen LogP contribution in [0.15, 0.2) is 22.8 Å². The van der Waals surface area contributed by atoms with Crippen molar-refractivity contribution in [3.8, 4) is 0 Å². The third kappa shape index (κ3) is 4.83. The van der Waals surface area contributed by atoms with Crippen LogP contribution in [0.3, 0.4) is 0 Å². The number of hydrogen-bond donors (Lipinski definition) is 1. The summed E-state index contributed by atoms with van der Waals surface area (Å²) in [7, 11) is 2.05. The van der Waals surface area contributed by atoms with E-state index in [0.29, 0.717) is 11.5 Å². The molecule has 3 heteroatoms. The average Bonchev–Trinajstić information content (AvgIpc) is 2.79. The molecule has 18 heavy (non-hydrogen) atoms. The van der Waals surface area contributed by atoms with E-state index in [4.69, 9.17) is 4.42 Å². The maximum atomic E-state index is 5.41. The van der Waals surface area contributed by atoms with Crippen LogP contribution in [0, 0.1) is 5.41 Å². The minimum atomic E-state index is 0.304. The number of rotatable bonds is 7. The second kappa shape index (κ2) is 6.95. The zero-order valence-corrected chi connectivity index (χ0v) is 12.5. The fourth-order valence-corrected chi connectivity index (χ4v) is 2.29. The summed E-state index contributed by atoms with van der Waals surface area (Å²) in [4.78, 5) is 2.43. The molecule has 1 aromatic rings. The van der Waals surface area contributed by atoms with E-state index in [1.165, 1.54) is 0 Å². The SMILES string of the molecule is CCN(CCC(NC)C(C)(C)C)Cc1ccco1. The van der Waals surface area contributed by atoms with Gasteiger partial charge in [-0.2, -0.15) is 0 Å². The van der Waals surface area contributed by atoms with Crippen molar-refractivity contribution in [3.63, 3.8) is 0 Å². The molecule has 0 aliphatic carbocycles. The summed E-state index contributed by atoms with van der Waals surface area (Å²) in [6, 6.07) is 4.54. The van der Waals surface area contributed by atoms with Crippen LogP contribution in [0.2, 0.25) is 0 Å². The quantitative estimate of drug-likeness (QED) is 0.808. The lowest BCUT2D eigenvalue weighted by molar-refractivity contribution is 0.202. The van der Waals surface area contributed by atoms with Gasteiger partial charge in [-0.3, -0.25) is 4.90 Å². The molecule has 1 atom stereocenters. The molecule has 1 rings (SSSR count). The first kappa shape index (κ1) is 15.3. The van der Waals surface area contributed by atoms with E-state index in [-0.39, 0.29) is 0 Å². The van der Waals surface area contributed by atoms with Gasteiger partial charge in [0.05, 0.1) is 12.8 Å². The van der Waals surface area contributed by atoms with E-state index in [9.17, 15) is 0 Å². The van der Waals surface area contributed by atoms with Crippen LogP contribution in [0.4, 0.5) is 0 Å². The first-order valence-corrected chi connectivity index (χ1v) is 6.89. The van der Waals surface area contributed by atoms with Crippen LogP contribution in [-0.4, -0.2) is 31.1 Å². The fourth-order valence-electron chi connectivity index (χ4n) is 2.29. The van der Waals surface area contributed by atoms with Crippen molar-refractivity contribution in [1.82, 2.24) is 10.2 Å². The molecule has 0 aromatic carbocycles. The molecule has 1 unspecified atom stereocenters. The lowest BCUT2D eigenvalue weighted by Gasteiger charge is -2.32. The molecular weight excluding hydrogens is 224 g/mol. The molecule has 104 valence electrons. The first-order valence-electron chi connectivity index (χ1n) is 6.89. The van der Waals surface area contributed by atoms with Gasteiger partial charge in [0, 0.05) is 12.6 Å². The summed E-state index contributed by atoms with van der Waals surface area (Å²) in [6.45, 7) is 12.1. The van der Waals surface area contributed by atoms with Crippen molar-refractivity contribution < 1.29 is 4.42 Å². The zero-order valence-electron chi connectivity index (χ0n) is 12.5. The van der Waals surface area contributed by atoms with Crippen molar-refractivity contribution in [3.05, 3.63) is 24.2 Å². The smallest absolute Gasteiger partial charge is 0.117 e. The fraction of sp³-hybridized carbons (Fsp3) is 0.733. The van der Waals surface area contributed by atoms with Gasteiger partial charge in [0.2, 0.25) is 0 Å². The molecular formula is C15H28N2O. The molecule has 1 N–H and O–H groups in total. The zero-order chi connectivity index (χ0) is 13.6. The van der Waals surface area contributed by atoms with Crippen molar-refractivity contribution in [2.75, 3.05) is 20.1 Å². The Morgan fingerprint density at radius 1 is 1.39 bits per heavy atom. The maximum absolute atomic E-state index is 5.41. The molecule has 0 aliphatic heterocycles. The van der Waals surface area contributed by atoms with Crippen molar-refractivity contribution in [2.24, 2.45) is 5.41 Å². The van der Waals surface area contributed by atoms with E-state index < -0.39 is 0 Å². The van der Waals surface area contributed by atoms with E-state index in [0.717, 1.165) is 31.8 Å². The van der Waals surface area contributed by atoms with Gasteiger partial charge in [-0.25, -0.2) is 0 Å². The highest BCUT2D eigenvalue weighted by atomic mass is 16.3. The third-order valence-corrected chi connectivity index (χ3v) is 3.53. The second-order valence-electron chi connectivity index (χ2n) is 5.94. The molecule has 0 aliphatic rings. The summed E-state index contributed by atoms with van der Waals surface area (Å²) < 4.78 is 5.41. The van der Waals surface area contributed by atoms with Gasteiger partial charge in [0.1, 0.15) is 5.76 Å². The normalized spacial score (nSPS) is 14.1. The van der Waals surface area contributed by atoms with Crippen LogP contribution in [0.25, 0.3) is 0 Å². The average molecular weight is 252 g/mol. The Labute approximate surface area is 112 Å². The first-order chi connectivity index (χ1) is 8.47. The number of nitrogens with one attached hydrogen (secondary N) is 1. The number of nitrogens with zero attached hydrogens (tertiary/aromatic N) is 1. The molecule has 0 bridgehead atoms. The second-order valence-corrected chi connectivity index (χ2v) is 5.94. The molecule has 1 aromatic heterocycles. The van der Waals surface area contributed by atoms with Crippen LogP contribution in [-0.2, 0) is 6.54 Å². The van der Waals surface area contributed by atoms with Gasteiger partial charge >= 0.3 is 0 Å². The van der Waals surface area contributed by atoms with E-state index in [2.05, 4.69) is 45.0 Å². The van der Waals surface area contributed by atoms with Crippen molar-refractivity contribution >= 4 is 0 Å². The minimum absolute atomic E-state index is 0.304. The van der Waals surface area contributed by atoms with E-state index >= 15 is 0 Å². The Bertz CT molecular complexity index is 314. The Kier molecular flexibility index (Phi) is 5.89. The highest BCUT2D eigenvalue weighted by molar-refractivity contribution is 4.97. The maximum Gasteiger partial charge on any atom is 0.117 e. The summed E-state index contributed by atoms with van der Waals surface area (Å²) in [5.41, 5.74) is 0.304. The summed E-state index contributed by atoms with van der Waals surface area (Å²) in [5.74, 6) is 1.05.